The van der Waals surface area contributed by atoms with Crippen LogP contribution in [0.15, 0.2) is 71.9 Å². The molecule has 138 valence electrons. The molecule has 0 saturated heterocycles. The van der Waals surface area contributed by atoms with Crippen LogP contribution in [0.4, 0.5) is 5.13 Å². The van der Waals surface area contributed by atoms with E-state index in [4.69, 9.17) is 0 Å². The summed E-state index contributed by atoms with van der Waals surface area (Å²) in [4.78, 5) is 4.15. The van der Waals surface area contributed by atoms with Crippen molar-refractivity contribution in [3.63, 3.8) is 0 Å². The predicted octanol–water partition coefficient (Wildman–Crippen LogP) is 5.93. The van der Waals surface area contributed by atoms with Gasteiger partial charge in [-0.05, 0) is 53.7 Å². The van der Waals surface area contributed by atoms with Gasteiger partial charge in [0.1, 0.15) is 5.01 Å². The molecule has 6 heteroatoms. The monoisotopic (exact) mass is 394 g/mol. The first kappa shape index (κ1) is 19.3. The predicted molar refractivity (Wildman–Crippen MR) is 119 cm³/mol. The van der Waals surface area contributed by atoms with E-state index < -0.39 is 0 Å². The summed E-state index contributed by atoms with van der Waals surface area (Å²) in [5, 5.41) is 18.2. The number of benzene rings is 1. The summed E-state index contributed by atoms with van der Waals surface area (Å²) in [5.41, 5.74) is 3.36. The summed E-state index contributed by atoms with van der Waals surface area (Å²) < 4.78 is 0. The molecule has 0 fully saturated rings. The lowest BCUT2D eigenvalue weighted by Crippen LogP contribution is -2.03. The van der Waals surface area contributed by atoms with Crippen molar-refractivity contribution < 1.29 is 0 Å². The average Bonchev–Trinajstić information content (AvgIpc) is 3.16. The third-order valence-electron chi connectivity index (χ3n) is 4.02. The van der Waals surface area contributed by atoms with Crippen molar-refractivity contribution in [2.45, 2.75) is 13.3 Å². The molecule has 0 atom stereocenters. The molecular weight excluding hydrogens is 372 g/mol. The number of nitrogens with zero attached hydrogens (tertiary/aromatic N) is 3. The van der Waals surface area contributed by atoms with E-state index in [0.29, 0.717) is 0 Å². The van der Waals surface area contributed by atoms with E-state index in [1.807, 2.05) is 31.3 Å². The quantitative estimate of drug-likeness (QED) is 0.480. The average molecular weight is 395 g/mol. The van der Waals surface area contributed by atoms with E-state index in [9.17, 15) is 0 Å². The first-order valence-electron chi connectivity index (χ1n) is 8.66. The number of pyridine rings is 1. The summed E-state index contributed by atoms with van der Waals surface area (Å²) in [6, 6.07) is 8.27. The van der Waals surface area contributed by atoms with Gasteiger partial charge in [0.15, 0.2) is 0 Å². The van der Waals surface area contributed by atoms with E-state index in [-0.39, 0.29) is 0 Å². The fraction of sp³-hybridized carbons (Fsp3) is 0.190. The first-order valence-corrected chi connectivity index (χ1v) is 10.8. The lowest BCUT2D eigenvalue weighted by molar-refractivity contribution is 0.994. The molecule has 1 N–H and O–H groups in total. The van der Waals surface area contributed by atoms with Gasteiger partial charge in [0.25, 0.3) is 0 Å². The Hall–Kier alpha value is -2.44. The summed E-state index contributed by atoms with van der Waals surface area (Å²) in [6.07, 6.45) is 10.7. The zero-order chi connectivity index (χ0) is 19.1. The fourth-order valence-electron chi connectivity index (χ4n) is 2.68. The number of anilines is 1. The highest BCUT2D eigenvalue weighted by molar-refractivity contribution is 8.01. The molecule has 0 aliphatic carbocycles. The van der Waals surface area contributed by atoms with Gasteiger partial charge < -0.3 is 5.32 Å². The van der Waals surface area contributed by atoms with Crippen molar-refractivity contribution in [1.82, 2.24) is 15.2 Å². The number of rotatable bonds is 8. The molecule has 0 bridgehead atoms. The normalized spacial score (nSPS) is 12.0. The van der Waals surface area contributed by atoms with Crippen LogP contribution in [0.3, 0.4) is 0 Å². The van der Waals surface area contributed by atoms with Gasteiger partial charge in [0.05, 0.1) is 0 Å². The van der Waals surface area contributed by atoms with Crippen LogP contribution in [-0.2, 0) is 0 Å². The fourth-order valence-corrected chi connectivity index (χ4v) is 4.00. The molecule has 27 heavy (non-hydrogen) atoms. The van der Waals surface area contributed by atoms with Gasteiger partial charge in [-0.1, -0.05) is 42.2 Å². The Morgan fingerprint density at radius 3 is 2.96 bits per heavy atom. The Morgan fingerprint density at radius 2 is 2.15 bits per heavy atom. The second-order valence-electron chi connectivity index (χ2n) is 5.93. The highest BCUT2D eigenvalue weighted by Crippen LogP contribution is 2.29. The molecule has 0 amide bonds. The standard InChI is InChI=1S/C21H22N4S2/c1-4-5-15(2)19(14-26-3)9-11-23-21-25-24-20(27-21)17-6-7-18-13-22-10-8-16(18)12-17/h4-8,10,12-14H,2,9,11H2,1,3H3,(H,23,25)/b5-4-,19-14-. The van der Waals surface area contributed by atoms with E-state index in [2.05, 4.69) is 56.9 Å². The zero-order valence-electron chi connectivity index (χ0n) is 15.5. The molecule has 4 nitrogen and oxygen atoms in total. The van der Waals surface area contributed by atoms with Gasteiger partial charge in [-0.2, -0.15) is 0 Å². The Kier molecular flexibility index (Phi) is 6.79. The summed E-state index contributed by atoms with van der Waals surface area (Å²) in [7, 11) is 0. The summed E-state index contributed by atoms with van der Waals surface area (Å²) in [5.74, 6) is 0. The van der Waals surface area contributed by atoms with Crippen LogP contribution < -0.4 is 5.32 Å². The van der Waals surface area contributed by atoms with Crippen LogP contribution in [0.1, 0.15) is 13.3 Å². The lowest BCUT2D eigenvalue weighted by Gasteiger charge is -2.07. The smallest absolute Gasteiger partial charge is 0.206 e. The molecule has 0 aliphatic heterocycles. The minimum atomic E-state index is 0.793. The second kappa shape index (κ2) is 9.48. The van der Waals surface area contributed by atoms with Gasteiger partial charge in [-0.3, -0.25) is 4.98 Å². The molecule has 3 rings (SSSR count). The highest BCUT2D eigenvalue weighted by Gasteiger charge is 2.08. The maximum atomic E-state index is 4.33. The number of fused-ring (bicyclic) bond motifs is 1. The Balaban J connectivity index is 1.65. The largest absolute Gasteiger partial charge is 0.360 e. The van der Waals surface area contributed by atoms with Crippen LogP contribution in [-0.4, -0.2) is 28.0 Å². The lowest BCUT2D eigenvalue weighted by atomic mass is 10.1. The van der Waals surface area contributed by atoms with Crippen molar-refractivity contribution >= 4 is 39.0 Å². The van der Waals surface area contributed by atoms with Gasteiger partial charge in [-0.25, -0.2) is 0 Å². The molecular formula is C21H22N4S2. The number of nitrogens with one attached hydrogen (secondary N) is 1. The van der Waals surface area contributed by atoms with Crippen molar-refractivity contribution in [1.29, 1.82) is 0 Å². The Morgan fingerprint density at radius 1 is 1.26 bits per heavy atom. The van der Waals surface area contributed by atoms with Crippen LogP contribution in [0.5, 0.6) is 0 Å². The highest BCUT2D eigenvalue weighted by atomic mass is 32.2. The van der Waals surface area contributed by atoms with Crippen molar-refractivity contribution in [2.75, 3.05) is 18.1 Å². The minimum Gasteiger partial charge on any atom is -0.360 e. The summed E-state index contributed by atoms with van der Waals surface area (Å²) in [6.45, 7) is 6.93. The van der Waals surface area contributed by atoms with Crippen molar-refractivity contribution in [3.05, 3.63) is 71.9 Å². The maximum Gasteiger partial charge on any atom is 0.206 e. The number of allylic oxidation sites excluding steroid dienone is 3. The molecule has 0 aliphatic rings. The van der Waals surface area contributed by atoms with Gasteiger partial charge in [-0.15, -0.1) is 22.0 Å². The minimum absolute atomic E-state index is 0.793. The van der Waals surface area contributed by atoms with E-state index >= 15 is 0 Å². The Bertz CT molecular complexity index is 989. The number of hydrogen-bond donors (Lipinski definition) is 1. The molecule has 0 spiro atoms. The maximum absolute atomic E-state index is 4.33. The molecule has 0 saturated carbocycles. The third kappa shape index (κ3) is 5.05. The van der Waals surface area contributed by atoms with E-state index in [1.54, 1.807) is 29.3 Å². The molecule has 0 unspecified atom stereocenters. The van der Waals surface area contributed by atoms with Gasteiger partial charge >= 0.3 is 0 Å². The summed E-state index contributed by atoms with van der Waals surface area (Å²) >= 11 is 3.27. The number of hydrogen-bond acceptors (Lipinski definition) is 6. The van der Waals surface area contributed by atoms with E-state index in [1.165, 1.54) is 5.57 Å². The van der Waals surface area contributed by atoms with Crippen LogP contribution in [0, 0.1) is 0 Å². The first-order chi connectivity index (χ1) is 13.2. The van der Waals surface area contributed by atoms with Crippen molar-refractivity contribution in [2.24, 2.45) is 0 Å². The van der Waals surface area contributed by atoms with Gasteiger partial charge in [0, 0.05) is 29.9 Å². The second-order valence-corrected chi connectivity index (χ2v) is 7.62. The molecule has 3 aromatic rings. The number of aromatic nitrogens is 3. The molecule has 1 aromatic carbocycles. The van der Waals surface area contributed by atoms with E-state index in [0.717, 1.165) is 45.0 Å². The molecule has 0 radical (unpaired) electrons. The van der Waals surface area contributed by atoms with Crippen LogP contribution in [0.25, 0.3) is 21.3 Å². The van der Waals surface area contributed by atoms with Crippen LogP contribution >= 0.6 is 23.1 Å². The van der Waals surface area contributed by atoms with Crippen LogP contribution in [0.2, 0.25) is 0 Å². The van der Waals surface area contributed by atoms with Gasteiger partial charge in [0.2, 0.25) is 5.13 Å². The molecule has 2 aromatic heterocycles. The van der Waals surface area contributed by atoms with Crippen molar-refractivity contribution in [3.8, 4) is 10.6 Å². The number of thioether (sulfide) groups is 1. The Labute approximate surface area is 168 Å². The zero-order valence-corrected chi connectivity index (χ0v) is 17.1. The third-order valence-corrected chi connectivity index (χ3v) is 5.47. The topological polar surface area (TPSA) is 50.7 Å². The SMILES string of the molecule is C=C(/C=C\C)/C(=C\SC)CCNc1nnc(-c2ccc3cnccc3c2)s1. The molecule has 2 heterocycles.